The van der Waals surface area contributed by atoms with Crippen LogP contribution in [0.3, 0.4) is 0 Å². The zero-order valence-corrected chi connectivity index (χ0v) is 17.8. The summed E-state index contributed by atoms with van der Waals surface area (Å²) in [7, 11) is -5.09. The first-order valence-corrected chi connectivity index (χ1v) is 11.5. The van der Waals surface area contributed by atoms with E-state index in [2.05, 4.69) is 16.4 Å². The lowest BCUT2D eigenvalue weighted by atomic mass is 10.0. The van der Waals surface area contributed by atoms with E-state index in [9.17, 15) is 38.2 Å². The number of aliphatic hydroxyl groups is 4. The second-order valence-electron chi connectivity index (χ2n) is 7.16. The van der Waals surface area contributed by atoms with Gasteiger partial charge in [0.15, 0.2) is 6.10 Å². The summed E-state index contributed by atoms with van der Waals surface area (Å²) in [5, 5.41) is 41.0. The van der Waals surface area contributed by atoms with Gasteiger partial charge < -0.3 is 30.3 Å². The van der Waals surface area contributed by atoms with Crippen molar-refractivity contribution in [3.8, 4) is 0 Å². The highest BCUT2D eigenvalue weighted by Crippen LogP contribution is 2.10. The number of hydrogen-bond acceptors (Lipinski definition) is 9. The van der Waals surface area contributed by atoms with Crippen LogP contribution in [0, 0.1) is 0 Å². The fourth-order valence-corrected chi connectivity index (χ4v) is 3.06. The molecule has 174 valence electrons. The third-order valence-electron chi connectivity index (χ3n) is 4.55. The van der Waals surface area contributed by atoms with Gasteiger partial charge >= 0.3 is 0 Å². The molecule has 5 N–H and O–H groups in total. The molecule has 0 heterocycles. The Hall–Kier alpha value is -0.820. The monoisotopic (exact) mass is 442 g/mol. The van der Waals surface area contributed by atoms with Gasteiger partial charge in [-0.1, -0.05) is 64.7 Å². The van der Waals surface area contributed by atoms with Gasteiger partial charge in [-0.2, -0.15) is 0 Å². The topological polar surface area (TPSA) is 176 Å². The van der Waals surface area contributed by atoms with Crippen molar-refractivity contribution in [2.45, 2.75) is 95.5 Å². The first-order valence-electron chi connectivity index (χ1n) is 10.2. The summed E-state index contributed by atoms with van der Waals surface area (Å²) in [5.74, 6) is -0.933. The molecule has 0 rings (SSSR count). The molecular weight excluding hydrogens is 406 g/mol. The highest BCUT2D eigenvalue weighted by Gasteiger charge is 2.34. The number of carbonyl (C=O) groups excluding carboxylic acids is 1. The van der Waals surface area contributed by atoms with Gasteiger partial charge in [0.25, 0.3) is 5.91 Å². The molecule has 0 fully saturated rings. The molecule has 0 aromatic heterocycles. The van der Waals surface area contributed by atoms with Crippen LogP contribution in [0.4, 0.5) is 0 Å². The quantitative estimate of drug-likeness (QED) is 0.111. The molecule has 0 unspecified atom stereocenters. The summed E-state index contributed by atoms with van der Waals surface area (Å²) in [6, 6.07) is 0. The second-order valence-corrected chi connectivity index (χ2v) is 8.21. The average Bonchev–Trinajstić information content (AvgIpc) is 2.67. The van der Waals surface area contributed by atoms with Gasteiger partial charge in [0, 0.05) is 6.54 Å². The molecule has 0 saturated heterocycles. The van der Waals surface area contributed by atoms with Crippen molar-refractivity contribution in [2.24, 2.45) is 0 Å². The molecule has 1 amide bonds. The predicted octanol–water partition coefficient (Wildman–Crippen LogP) is -0.0561. The standard InChI is InChI=1S/C18H37NO9S/c1-2-3-4-5-6-7-8-9-10-11-12-19-18(24)17(23)16(22)15(21)14(20)13-28-29(25,26)27/h14-17,20-23H,2-13H2,1H3,(H,19,24)(H,25,26,27)/p-1/t14-,15-,16+,17-/m1/s1. The molecule has 11 heteroatoms. The van der Waals surface area contributed by atoms with Gasteiger partial charge in [-0.3, -0.25) is 8.98 Å². The first kappa shape index (κ1) is 28.2. The maximum absolute atomic E-state index is 11.8. The SMILES string of the molecule is CCCCCCCCCCCCNC(=O)[C@H](O)[C@@H](O)[C@H](O)[C@H](O)COS(=O)(=O)[O-]. The summed E-state index contributed by atoms with van der Waals surface area (Å²) in [6.07, 6.45) is 3.09. The number of carbonyl (C=O) groups is 1. The van der Waals surface area contributed by atoms with Crippen LogP contribution in [-0.2, 0) is 19.4 Å². The van der Waals surface area contributed by atoms with Gasteiger partial charge in [0.1, 0.15) is 18.3 Å². The van der Waals surface area contributed by atoms with Crippen LogP contribution in [0.1, 0.15) is 71.1 Å². The normalized spacial score (nSPS) is 16.2. The number of rotatable bonds is 18. The number of unbranched alkanes of at least 4 members (excludes halogenated alkanes) is 9. The van der Waals surface area contributed by atoms with E-state index in [1.54, 1.807) is 0 Å². The smallest absolute Gasteiger partial charge is 0.251 e. The molecule has 0 radical (unpaired) electrons. The van der Waals surface area contributed by atoms with Crippen molar-refractivity contribution in [1.82, 2.24) is 5.32 Å². The van der Waals surface area contributed by atoms with E-state index in [4.69, 9.17) is 0 Å². The predicted molar refractivity (Wildman–Crippen MR) is 105 cm³/mol. The first-order chi connectivity index (χ1) is 13.6. The largest absolute Gasteiger partial charge is 0.726 e. The number of hydrogen-bond donors (Lipinski definition) is 5. The van der Waals surface area contributed by atoms with Gasteiger partial charge in [-0.25, -0.2) is 8.42 Å². The molecule has 4 atom stereocenters. The highest BCUT2D eigenvalue weighted by molar-refractivity contribution is 7.80. The van der Waals surface area contributed by atoms with Crippen LogP contribution in [0.15, 0.2) is 0 Å². The Labute approximate surface area is 173 Å². The summed E-state index contributed by atoms with van der Waals surface area (Å²) in [6.45, 7) is 1.36. The molecule has 10 nitrogen and oxygen atoms in total. The molecule has 0 aromatic rings. The molecule has 0 aromatic carbocycles. The summed E-state index contributed by atoms with van der Waals surface area (Å²) < 4.78 is 34.7. The fourth-order valence-electron chi connectivity index (χ4n) is 2.75. The summed E-state index contributed by atoms with van der Waals surface area (Å²) in [5.41, 5.74) is 0. The Kier molecular flexibility index (Phi) is 15.5. The van der Waals surface area contributed by atoms with Crippen LogP contribution in [0.25, 0.3) is 0 Å². The van der Waals surface area contributed by atoms with E-state index in [-0.39, 0.29) is 6.54 Å². The molecule has 0 aliphatic heterocycles. The van der Waals surface area contributed by atoms with Crippen LogP contribution in [0.5, 0.6) is 0 Å². The van der Waals surface area contributed by atoms with E-state index < -0.39 is 47.3 Å². The molecule has 29 heavy (non-hydrogen) atoms. The van der Waals surface area contributed by atoms with E-state index >= 15 is 0 Å². The van der Waals surface area contributed by atoms with E-state index in [0.29, 0.717) is 6.42 Å². The van der Waals surface area contributed by atoms with Crippen molar-refractivity contribution >= 4 is 16.3 Å². The lowest BCUT2D eigenvalue weighted by Gasteiger charge is -2.26. The Morgan fingerprint density at radius 3 is 1.86 bits per heavy atom. The Morgan fingerprint density at radius 1 is 0.897 bits per heavy atom. The number of nitrogens with one attached hydrogen (secondary N) is 1. The summed E-state index contributed by atoms with van der Waals surface area (Å²) >= 11 is 0. The van der Waals surface area contributed by atoms with Crippen LogP contribution >= 0.6 is 0 Å². The van der Waals surface area contributed by atoms with Crippen LogP contribution in [0.2, 0.25) is 0 Å². The van der Waals surface area contributed by atoms with E-state index in [1.807, 2.05) is 0 Å². The zero-order chi connectivity index (χ0) is 22.3. The second kappa shape index (κ2) is 15.9. The van der Waals surface area contributed by atoms with Crippen LogP contribution in [-0.4, -0.2) is 76.9 Å². The van der Waals surface area contributed by atoms with Crippen molar-refractivity contribution < 1.29 is 42.4 Å². The van der Waals surface area contributed by atoms with Gasteiger partial charge in [-0.15, -0.1) is 0 Å². The lowest BCUT2D eigenvalue weighted by molar-refractivity contribution is -0.148. The zero-order valence-electron chi connectivity index (χ0n) is 17.0. The Balaban J connectivity index is 3.91. The maximum atomic E-state index is 11.8. The van der Waals surface area contributed by atoms with Crippen molar-refractivity contribution in [3.63, 3.8) is 0 Å². The lowest BCUT2D eigenvalue weighted by Crippen LogP contribution is -2.52. The van der Waals surface area contributed by atoms with Crippen molar-refractivity contribution in [1.29, 1.82) is 0 Å². The molecule has 0 saturated carbocycles. The third kappa shape index (κ3) is 14.8. The minimum atomic E-state index is -5.09. The van der Waals surface area contributed by atoms with Gasteiger partial charge in [0.2, 0.25) is 10.4 Å². The molecule has 0 spiro atoms. The molecule has 0 aliphatic carbocycles. The van der Waals surface area contributed by atoms with E-state index in [0.717, 1.165) is 19.3 Å². The van der Waals surface area contributed by atoms with Crippen molar-refractivity contribution in [3.05, 3.63) is 0 Å². The Bertz CT molecular complexity index is 529. The molecular formula is C18H36NO9S-. The minimum absolute atomic E-state index is 0.287. The molecule has 0 aliphatic rings. The fraction of sp³-hybridized carbons (Fsp3) is 0.944. The van der Waals surface area contributed by atoms with Crippen LogP contribution < -0.4 is 5.32 Å². The van der Waals surface area contributed by atoms with E-state index in [1.165, 1.54) is 38.5 Å². The molecule has 0 bridgehead atoms. The average molecular weight is 443 g/mol. The summed E-state index contributed by atoms with van der Waals surface area (Å²) in [4.78, 5) is 11.8. The van der Waals surface area contributed by atoms with Gasteiger partial charge in [0.05, 0.1) is 6.61 Å². The van der Waals surface area contributed by atoms with Crippen molar-refractivity contribution in [2.75, 3.05) is 13.2 Å². The number of amides is 1. The third-order valence-corrected chi connectivity index (χ3v) is 4.97. The maximum Gasteiger partial charge on any atom is 0.251 e. The highest BCUT2D eigenvalue weighted by atomic mass is 32.3. The minimum Gasteiger partial charge on any atom is -0.726 e. The Morgan fingerprint density at radius 2 is 1.38 bits per heavy atom. The van der Waals surface area contributed by atoms with Gasteiger partial charge in [-0.05, 0) is 6.42 Å². The number of aliphatic hydroxyl groups excluding tert-OH is 4.